The topological polar surface area (TPSA) is 61.4 Å². The van der Waals surface area contributed by atoms with E-state index >= 15 is 0 Å². The molecule has 3 N–H and O–H groups in total. The Bertz CT molecular complexity index is 1250. The van der Waals surface area contributed by atoms with Crippen molar-refractivity contribution in [2.75, 3.05) is 18.4 Å². The minimum absolute atomic E-state index is 0.0558. The van der Waals surface area contributed by atoms with Gasteiger partial charge >= 0.3 is 0 Å². The molecule has 5 rings (SSSR count). The molecule has 0 bridgehead atoms. The second-order valence-electron chi connectivity index (χ2n) is 8.54. The first kappa shape index (κ1) is 21.7. The highest BCUT2D eigenvalue weighted by atomic mass is 35.5. The van der Waals surface area contributed by atoms with Gasteiger partial charge in [-0.2, -0.15) is 0 Å². The van der Waals surface area contributed by atoms with E-state index in [2.05, 4.69) is 10.6 Å². The first-order chi connectivity index (χ1) is 16.0. The SMILES string of the molecule is O=Cc1c(O)ccc2c1C(c1ccc(N[C@H]3CCNC3)cc1)=C(c1ccc(F)cc1Cl)CC2. The van der Waals surface area contributed by atoms with Gasteiger partial charge in [0.25, 0.3) is 0 Å². The molecule has 1 aliphatic carbocycles. The molecule has 0 spiro atoms. The maximum absolute atomic E-state index is 13.8. The third kappa shape index (κ3) is 4.14. The van der Waals surface area contributed by atoms with Crippen LogP contribution in [0.15, 0.2) is 54.6 Å². The fourth-order valence-corrected chi connectivity index (χ4v) is 5.16. The van der Waals surface area contributed by atoms with Gasteiger partial charge in [-0.25, -0.2) is 4.39 Å². The van der Waals surface area contributed by atoms with E-state index in [0.29, 0.717) is 35.8 Å². The Labute approximate surface area is 197 Å². The lowest BCUT2D eigenvalue weighted by Gasteiger charge is -2.27. The number of aldehydes is 1. The summed E-state index contributed by atoms with van der Waals surface area (Å²) >= 11 is 6.46. The minimum Gasteiger partial charge on any atom is -0.507 e. The summed E-state index contributed by atoms with van der Waals surface area (Å²) < 4.78 is 13.8. The number of carbonyl (C=O) groups excluding carboxylic acids is 1. The molecule has 1 heterocycles. The molecule has 0 unspecified atom stereocenters. The molecular weight excluding hydrogens is 439 g/mol. The molecule has 168 valence electrons. The first-order valence-corrected chi connectivity index (χ1v) is 11.5. The van der Waals surface area contributed by atoms with Crippen molar-refractivity contribution in [3.63, 3.8) is 0 Å². The average molecular weight is 463 g/mol. The lowest BCUT2D eigenvalue weighted by Crippen LogP contribution is -2.21. The monoisotopic (exact) mass is 462 g/mol. The van der Waals surface area contributed by atoms with Gasteiger partial charge in [0.05, 0.1) is 10.6 Å². The van der Waals surface area contributed by atoms with E-state index in [9.17, 15) is 14.3 Å². The van der Waals surface area contributed by atoms with E-state index in [4.69, 9.17) is 11.6 Å². The fourth-order valence-electron chi connectivity index (χ4n) is 4.88. The summed E-state index contributed by atoms with van der Waals surface area (Å²) in [5, 5.41) is 17.7. The second kappa shape index (κ2) is 9.00. The van der Waals surface area contributed by atoms with Crippen molar-refractivity contribution in [2.45, 2.75) is 25.3 Å². The number of fused-ring (bicyclic) bond motifs is 1. The van der Waals surface area contributed by atoms with E-state index in [0.717, 1.165) is 53.0 Å². The van der Waals surface area contributed by atoms with E-state index < -0.39 is 5.82 Å². The van der Waals surface area contributed by atoms with Crippen molar-refractivity contribution in [3.8, 4) is 5.75 Å². The fraction of sp³-hybridized carbons (Fsp3) is 0.222. The second-order valence-corrected chi connectivity index (χ2v) is 8.95. The van der Waals surface area contributed by atoms with Crippen LogP contribution in [-0.4, -0.2) is 30.5 Å². The number of benzene rings is 3. The Balaban J connectivity index is 1.68. The molecule has 0 radical (unpaired) electrons. The van der Waals surface area contributed by atoms with Gasteiger partial charge in [0, 0.05) is 23.8 Å². The van der Waals surface area contributed by atoms with E-state index in [1.165, 1.54) is 12.1 Å². The summed E-state index contributed by atoms with van der Waals surface area (Å²) in [4.78, 5) is 12.0. The summed E-state index contributed by atoms with van der Waals surface area (Å²) in [7, 11) is 0. The van der Waals surface area contributed by atoms with Gasteiger partial charge < -0.3 is 15.7 Å². The average Bonchev–Trinajstić information content (AvgIpc) is 3.32. The van der Waals surface area contributed by atoms with Crippen molar-refractivity contribution >= 4 is 34.7 Å². The van der Waals surface area contributed by atoms with Gasteiger partial charge in [-0.05, 0) is 84.0 Å². The standard InChI is InChI=1S/C27H24ClFN2O2/c28-24-13-18(29)5-9-21(24)22-8-3-17-4-10-25(33)23(15-32)27(17)26(22)16-1-6-19(7-2-16)31-20-11-12-30-14-20/h1-2,4-7,9-10,13,15,20,30-31,33H,3,8,11-12,14H2/t20-/m0/s1. The lowest BCUT2D eigenvalue weighted by molar-refractivity contribution is 0.112. The van der Waals surface area contributed by atoms with Gasteiger partial charge in [0.15, 0.2) is 6.29 Å². The first-order valence-electron chi connectivity index (χ1n) is 11.1. The number of phenols is 1. The van der Waals surface area contributed by atoms with Crippen LogP contribution in [0.5, 0.6) is 5.75 Å². The quantitative estimate of drug-likeness (QED) is 0.427. The number of rotatable bonds is 5. The van der Waals surface area contributed by atoms with Gasteiger partial charge in [0.1, 0.15) is 11.6 Å². The molecule has 1 saturated heterocycles. The smallest absolute Gasteiger partial charge is 0.154 e. The van der Waals surface area contributed by atoms with Gasteiger partial charge in [-0.3, -0.25) is 4.79 Å². The highest BCUT2D eigenvalue weighted by Gasteiger charge is 2.27. The number of aromatic hydroxyl groups is 1. The number of allylic oxidation sites excluding steroid dienone is 1. The van der Waals surface area contributed by atoms with Gasteiger partial charge in [-0.15, -0.1) is 0 Å². The van der Waals surface area contributed by atoms with E-state index in [1.54, 1.807) is 12.1 Å². The predicted octanol–water partition coefficient (Wildman–Crippen LogP) is 5.68. The van der Waals surface area contributed by atoms with Gasteiger partial charge in [0.2, 0.25) is 0 Å². The van der Waals surface area contributed by atoms with Crippen LogP contribution in [0.4, 0.5) is 10.1 Å². The van der Waals surface area contributed by atoms with Crippen LogP contribution < -0.4 is 10.6 Å². The Morgan fingerprint density at radius 1 is 1.09 bits per heavy atom. The van der Waals surface area contributed by atoms with Gasteiger partial charge in [-0.1, -0.05) is 35.9 Å². The molecule has 1 aliphatic heterocycles. The number of hydrogen-bond acceptors (Lipinski definition) is 4. The number of halogens is 2. The summed E-state index contributed by atoms with van der Waals surface area (Å²) in [6.07, 6.45) is 3.16. The van der Waals surface area contributed by atoms with Crippen LogP contribution in [0.3, 0.4) is 0 Å². The van der Waals surface area contributed by atoms with Crippen molar-refractivity contribution in [2.24, 2.45) is 0 Å². The molecule has 1 atom stereocenters. The normalized spacial score (nSPS) is 17.7. The summed E-state index contributed by atoms with van der Waals surface area (Å²) in [5.74, 6) is -0.454. The molecule has 0 amide bonds. The molecule has 0 saturated carbocycles. The molecule has 0 aromatic heterocycles. The molecule has 6 heteroatoms. The maximum Gasteiger partial charge on any atom is 0.154 e. The van der Waals surface area contributed by atoms with Crippen molar-refractivity contribution < 1.29 is 14.3 Å². The number of aryl methyl sites for hydroxylation is 1. The summed E-state index contributed by atoms with van der Waals surface area (Å²) in [5.41, 5.74) is 6.42. The van der Waals surface area contributed by atoms with Crippen LogP contribution >= 0.6 is 11.6 Å². The van der Waals surface area contributed by atoms with Crippen molar-refractivity contribution in [1.82, 2.24) is 5.32 Å². The number of anilines is 1. The number of carbonyl (C=O) groups is 1. The zero-order valence-electron chi connectivity index (χ0n) is 18.0. The van der Waals surface area contributed by atoms with E-state index in [1.807, 2.05) is 30.3 Å². The van der Waals surface area contributed by atoms with Crippen LogP contribution in [0.2, 0.25) is 5.02 Å². The predicted molar refractivity (Wildman–Crippen MR) is 130 cm³/mol. The van der Waals surface area contributed by atoms with Crippen LogP contribution in [0.1, 0.15) is 45.5 Å². The number of hydrogen-bond donors (Lipinski definition) is 3. The molecular formula is C27H24ClFN2O2. The summed E-state index contributed by atoms with van der Waals surface area (Å²) in [6, 6.07) is 16.3. The molecule has 1 fully saturated rings. The molecule has 33 heavy (non-hydrogen) atoms. The van der Waals surface area contributed by atoms with Crippen LogP contribution in [-0.2, 0) is 6.42 Å². The highest BCUT2D eigenvalue weighted by Crippen LogP contribution is 2.45. The summed E-state index contributed by atoms with van der Waals surface area (Å²) in [6.45, 7) is 1.95. The molecule has 2 aliphatic rings. The number of nitrogens with one attached hydrogen (secondary N) is 2. The largest absolute Gasteiger partial charge is 0.507 e. The van der Waals surface area contributed by atoms with Crippen LogP contribution in [0.25, 0.3) is 11.1 Å². The zero-order chi connectivity index (χ0) is 22.9. The van der Waals surface area contributed by atoms with Crippen LogP contribution in [0, 0.1) is 5.82 Å². The van der Waals surface area contributed by atoms with Crippen molar-refractivity contribution in [1.29, 1.82) is 0 Å². The highest BCUT2D eigenvalue weighted by molar-refractivity contribution is 6.33. The Hall–Kier alpha value is -3.15. The minimum atomic E-state index is -0.398. The van der Waals surface area contributed by atoms with Crippen molar-refractivity contribution in [3.05, 3.63) is 93.3 Å². The molecule has 3 aromatic carbocycles. The zero-order valence-corrected chi connectivity index (χ0v) is 18.8. The Kier molecular flexibility index (Phi) is 5.92. The molecule has 4 nitrogen and oxygen atoms in total. The Morgan fingerprint density at radius 3 is 2.61 bits per heavy atom. The third-order valence-electron chi connectivity index (χ3n) is 6.48. The maximum atomic E-state index is 13.8. The Morgan fingerprint density at radius 2 is 1.91 bits per heavy atom. The number of phenolic OH excluding ortho intramolecular Hbond substituents is 1. The third-order valence-corrected chi connectivity index (χ3v) is 6.80. The lowest BCUT2D eigenvalue weighted by atomic mass is 9.77. The van der Waals surface area contributed by atoms with E-state index in [-0.39, 0.29) is 11.3 Å². The molecule has 3 aromatic rings.